The minimum absolute atomic E-state index is 0.0209. The van der Waals surface area contributed by atoms with Gasteiger partial charge in [0.25, 0.3) is 0 Å². The molecule has 4 rings (SSSR count). The molecule has 0 radical (unpaired) electrons. The fourth-order valence-electron chi connectivity index (χ4n) is 7.99. The summed E-state index contributed by atoms with van der Waals surface area (Å²) in [6, 6.07) is 0. The predicted octanol–water partition coefficient (Wildman–Crippen LogP) is 4.46. The molecule has 5 nitrogen and oxygen atoms in total. The van der Waals surface area contributed by atoms with E-state index in [1.165, 1.54) is 12.5 Å². The molecule has 4 aliphatic carbocycles. The summed E-state index contributed by atoms with van der Waals surface area (Å²) in [5, 5.41) is 9.09. The van der Waals surface area contributed by atoms with Crippen molar-refractivity contribution < 1.29 is 24.2 Å². The van der Waals surface area contributed by atoms with E-state index in [-0.39, 0.29) is 35.6 Å². The summed E-state index contributed by atoms with van der Waals surface area (Å²) in [4.78, 5) is 24.6. The van der Waals surface area contributed by atoms with Gasteiger partial charge in [-0.3, -0.25) is 9.59 Å². The Kier molecular flexibility index (Phi) is 6.39. The third-order valence-electron chi connectivity index (χ3n) is 9.36. The molecule has 5 heteroatoms. The number of rotatable bonds is 6. The highest BCUT2D eigenvalue weighted by molar-refractivity contribution is 5.87. The van der Waals surface area contributed by atoms with Crippen LogP contribution in [0.15, 0.2) is 11.6 Å². The zero-order chi connectivity index (χ0) is 22.4. The molecule has 0 aromatic heterocycles. The SMILES string of the molecule is CC(=O)OC1CCC2(C)C(=CCC3C2CCC2(C)C(=O)CC(CC(C)OCCO)C32)C1. The van der Waals surface area contributed by atoms with E-state index >= 15 is 0 Å². The van der Waals surface area contributed by atoms with Crippen molar-refractivity contribution in [3.8, 4) is 0 Å². The number of carbonyl (C=O) groups excluding carboxylic acids is 2. The van der Waals surface area contributed by atoms with E-state index in [2.05, 4.69) is 26.8 Å². The summed E-state index contributed by atoms with van der Waals surface area (Å²) in [5.41, 5.74) is 1.45. The monoisotopic (exact) mass is 432 g/mol. The fraction of sp³-hybridized carbons (Fsp3) is 0.846. The molecule has 0 aromatic rings. The molecule has 174 valence electrons. The molecule has 0 amide bonds. The smallest absolute Gasteiger partial charge is 0.302 e. The van der Waals surface area contributed by atoms with Gasteiger partial charge in [0.1, 0.15) is 11.9 Å². The molecular weight excluding hydrogens is 392 g/mol. The lowest BCUT2D eigenvalue weighted by molar-refractivity contribution is -0.148. The van der Waals surface area contributed by atoms with Crippen LogP contribution in [0.2, 0.25) is 0 Å². The molecule has 8 atom stereocenters. The van der Waals surface area contributed by atoms with Crippen molar-refractivity contribution in [1.82, 2.24) is 0 Å². The summed E-state index contributed by atoms with van der Waals surface area (Å²) in [6.45, 7) is 8.65. The first-order valence-corrected chi connectivity index (χ1v) is 12.3. The topological polar surface area (TPSA) is 72.8 Å². The molecule has 1 N–H and O–H groups in total. The highest BCUT2D eigenvalue weighted by atomic mass is 16.5. The van der Waals surface area contributed by atoms with Gasteiger partial charge in [0.05, 0.1) is 19.3 Å². The number of ketones is 1. The summed E-state index contributed by atoms with van der Waals surface area (Å²) in [6.07, 6.45) is 10.1. The van der Waals surface area contributed by atoms with Crippen LogP contribution in [0.4, 0.5) is 0 Å². The van der Waals surface area contributed by atoms with Crippen LogP contribution >= 0.6 is 0 Å². The zero-order valence-corrected chi connectivity index (χ0v) is 19.7. The number of aliphatic hydroxyl groups is 1. The Morgan fingerprint density at radius 2 is 1.97 bits per heavy atom. The van der Waals surface area contributed by atoms with Crippen molar-refractivity contribution in [2.45, 2.75) is 91.3 Å². The Morgan fingerprint density at radius 1 is 1.23 bits per heavy atom. The highest BCUT2D eigenvalue weighted by Gasteiger charge is 2.61. The van der Waals surface area contributed by atoms with Crippen LogP contribution in [0.3, 0.4) is 0 Å². The maximum absolute atomic E-state index is 13.2. The van der Waals surface area contributed by atoms with Crippen molar-refractivity contribution in [2.24, 2.45) is 34.5 Å². The minimum Gasteiger partial charge on any atom is -0.462 e. The number of Topliss-reactive ketones (excluding diaryl/α,β-unsaturated/α-hetero) is 1. The van der Waals surface area contributed by atoms with Crippen molar-refractivity contribution in [2.75, 3.05) is 13.2 Å². The van der Waals surface area contributed by atoms with E-state index in [0.29, 0.717) is 42.5 Å². The summed E-state index contributed by atoms with van der Waals surface area (Å²) in [7, 11) is 0. The number of hydrogen-bond donors (Lipinski definition) is 1. The summed E-state index contributed by atoms with van der Waals surface area (Å²) in [5.74, 6) is 2.20. The quantitative estimate of drug-likeness (QED) is 0.495. The molecule has 8 unspecified atom stereocenters. The van der Waals surface area contributed by atoms with Gasteiger partial charge in [-0.15, -0.1) is 0 Å². The molecule has 0 spiro atoms. The van der Waals surface area contributed by atoms with Crippen molar-refractivity contribution in [1.29, 1.82) is 0 Å². The first kappa shape index (κ1) is 23.0. The second-order valence-electron chi connectivity index (χ2n) is 11.1. The Labute approximate surface area is 186 Å². The molecule has 0 aromatic carbocycles. The van der Waals surface area contributed by atoms with Gasteiger partial charge < -0.3 is 14.6 Å². The number of esters is 1. The van der Waals surface area contributed by atoms with Crippen LogP contribution in [0, 0.1) is 34.5 Å². The van der Waals surface area contributed by atoms with E-state index in [9.17, 15) is 9.59 Å². The third kappa shape index (κ3) is 4.01. The van der Waals surface area contributed by atoms with E-state index < -0.39 is 0 Å². The Balaban J connectivity index is 1.57. The van der Waals surface area contributed by atoms with Gasteiger partial charge in [-0.2, -0.15) is 0 Å². The Morgan fingerprint density at radius 3 is 2.68 bits per heavy atom. The molecule has 3 saturated carbocycles. The van der Waals surface area contributed by atoms with Gasteiger partial charge in [0.15, 0.2) is 0 Å². The van der Waals surface area contributed by atoms with Gasteiger partial charge in [0, 0.05) is 25.2 Å². The van der Waals surface area contributed by atoms with Gasteiger partial charge in [0.2, 0.25) is 0 Å². The van der Waals surface area contributed by atoms with E-state index in [0.717, 1.165) is 44.9 Å². The van der Waals surface area contributed by atoms with Crippen LogP contribution in [0.5, 0.6) is 0 Å². The molecule has 0 heterocycles. The van der Waals surface area contributed by atoms with Crippen molar-refractivity contribution in [3.05, 3.63) is 11.6 Å². The van der Waals surface area contributed by atoms with E-state index in [1.54, 1.807) is 0 Å². The molecule has 0 saturated heterocycles. The number of fused-ring (bicyclic) bond motifs is 5. The second kappa shape index (κ2) is 8.62. The number of hydrogen-bond acceptors (Lipinski definition) is 5. The molecule has 31 heavy (non-hydrogen) atoms. The lowest BCUT2D eigenvalue weighted by Crippen LogP contribution is -2.51. The lowest BCUT2D eigenvalue weighted by atomic mass is 9.47. The first-order chi connectivity index (χ1) is 14.7. The predicted molar refractivity (Wildman–Crippen MR) is 118 cm³/mol. The van der Waals surface area contributed by atoms with Crippen molar-refractivity contribution >= 4 is 11.8 Å². The maximum atomic E-state index is 13.2. The third-order valence-corrected chi connectivity index (χ3v) is 9.36. The largest absolute Gasteiger partial charge is 0.462 e. The summed E-state index contributed by atoms with van der Waals surface area (Å²) < 4.78 is 11.3. The van der Waals surface area contributed by atoms with Crippen LogP contribution in [-0.4, -0.2) is 42.3 Å². The molecule has 0 aliphatic heterocycles. The van der Waals surface area contributed by atoms with E-state index in [1.807, 2.05) is 0 Å². The van der Waals surface area contributed by atoms with E-state index in [4.69, 9.17) is 14.6 Å². The fourth-order valence-corrected chi connectivity index (χ4v) is 7.99. The first-order valence-electron chi connectivity index (χ1n) is 12.3. The molecule has 4 aliphatic rings. The second-order valence-corrected chi connectivity index (χ2v) is 11.1. The van der Waals surface area contributed by atoms with Crippen LogP contribution in [-0.2, 0) is 19.1 Å². The Bertz CT molecular complexity index is 744. The number of aliphatic hydroxyl groups excluding tert-OH is 1. The molecule has 3 fully saturated rings. The van der Waals surface area contributed by atoms with Crippen LogP contribution in [0.25, 0.3) is 0 Å². The molecular formula is C26H40O5. The minimum atomic E-state index is -0.195. The van der Waals surface area contributed by atoms with Crippen LogP contribution < -0.4 is 0 Å². The highest BCUT2D eigenvalue weighted by Crippen LogP contribution is 2.65. The number of allylic oxidation sites excluding steroid dienone is 1. The van der Waals surface area contributed by atoms with Gasteiger partial charge in [-0.25, -0.2) is 0 Å². The van der Waals surface area contributed by atoms with Gasteiger partial charge in [-0.05, 0) is 74.5 Å². The van der Waals surface area contributed by atoms with Crippen molar-refractivity contribution in [3.63, 3.8) is 0 Å². The number of ether oxygens (including phenoxy) is 2. The lowest BCUT2D eigenvalue weighted by Gasteiger charge is -2.57. The average molecular weight is 433 g/mol. The maximum Gasteiger partial charge on any atom is 0.302 e. The zero-order valence-electron chi connectivity index (χ0n) is 19.7. The van der Waals surface area contributed by atoms with Gasteiger partial charge >= 0.3 is 5.97 Å². The average Bonchev–Trinajstić information content (AvgIpc) is 2.96. The Hall–Kier alpha value is -1.20. The number of carbonyl (C=O) groups is 2. The standard InChI is InChI=1S/C26H40O5/c1-16(30-12-11-27)13-18-14-23(29)26(4)10-8-22-21(24(18)26)6-5-19-15-20(31-17(2)28)7-9-25(19,22)3/h5,16,18,20-22,24,27H,6-15H2,1-4H3. The van der Waals surface area contributed by atoms with Crippen LogP contribution in [0.1, 0.15) is 79.1 Å². The van der Waals surface area contributed by atoms with Gasteiger partial charge in [-0.1, -0.05) is 25.5 Å². The normalized spacial score (nSPS) is 42.8. The summed E-state index contributed by atoms with van der Waals surface area (Å²) >= 11 is 0. The molecule has 0 bridgehead atoms.